The number of fused-ring (bicyclic) bond motifs is 1. The van der Waals surface area contributed by atoms with Crippen LogP contribution in [0.15, 0.2) is 24.5 Å². The predicted octanol–water partition coefficient (Wildman–Crippen LogP) is 3.25. The SMILES string of the molecule is CCOC(=O)c1c(C)nn(Cc2cn3cc(C4CC4)ccc3n2)c1C. The fourth-order valence-electron chi connectivity index (χ4n) is 3.30. The van der Waals surface area contributed by atoms with Gasteiger partial charge in [0.05, 0.1) is 30.2 Å². The number of carbonyl (C=O) groups is 1. The summed E-state index contributed by atoms with van der Waals surface area (Å²) in [4.78, 5) is 16.8. The number of esters is 1. The molecule has 3 aromatic rings. The Morgan fingerprint density at radius 3 is 2.80 bits per heavy atom. The Morgan fingerprint density at radius 1 is 1.28 bits per heavy atom. The Morgan fingerprint density at radius 2 is 2.08 bits per heavy atom. The van der Waals surface area contributed by atoms with Crippen molar-refractivity contribution in [2.75, 3.05) is 6.61 Å². The molecule has 1 saturated carbocycles. The van der Waals surface area contributed by atoms with Gasteiger partial charge in [0.1, 0.15) is 11.2 Å². The van der Waals surface area contributed by atoms with E-state index in [9.17, 15) is 4.79 Å². The van der Waals surface area contributed by atoms with Crippen molar-refractivity contribution in [3.8, 4) is 0 Å². The van der Waals surface area contributed by atoms with Gasteiger partial charge in [0, 0.05) is 12.4 Å². The molecule has 0 unspecified atom stereocenters. The number of imidazole rings is 1. The van der Waals surface area contributed by atoms with Gasteiger partial charge in [0.15, 0.2) is 0 Å². The molecule has 6 nitrogen and oxygen atoms in total. The normalized spacial score (nSPS) is 14.2. The van der Waals surface area contributed by atoms with Crippen LogP contribution in [0.2, 0.25) is 0 Å². The zero-order valence-corrected chi connectivity index (χ0v) is 14.8. The van der Waals surface area contributed by atoms with Crippen molar-refractivity contribution in [2.45, 2.75) is 46.1 Å². The summed E-state index contributed by atoms with van der Waals surface area (Å²) in [5.74, 6) is 0.409. The van der Waals surface area contributed by atoms with Crippen LogP contribution in [0.4, 0.5) is 0 Å². The van der Waals surface area contributed by atoms with Gasteiger partial charge >= 0.3 is 5.97 Å². The first-order valence-electron chi connectivity index (χ1n) is 8.75. The third-order valence-electron chi connectivity index (χ3n) is 4.75. The number of hydrogen-bond acceptors (Lipinski definition) is 4. The molecule has 4 rings (SSSR count). The molecule has 0 amide bonds. The van der Waals surface area contributed by atoms with Crippen molar-refractivity contribution >= 4 is 11.6 Å². The van der Waals surface area contributed by atoms with Gasteiger partial charge in [-0.05, 0) is 51.2 Å². The molecule has 0 spiro atoms. The van der Waals surface area contributed by atoms with Crippen molar-refractivity contribution in [1.29, 1.82) is 0 Å². The number of nitrogens with zero attached hydrogens (tertiary/aromatic N) is 4. The maximum atomic E-state index is 12.1. The smallest absolute Gasteiger partial charge is 0.341 e. The summed E-state index contributed by atoms with van der Waals surface area (Å²) in [5, 5.41) is 4.50. The zero-order valence-electron chi connectivity index (χ0n) is 14.8. The molecular weight excluding hydrogens is 316 g/mol. The molecule has 0 atom stereocenters. The molecule has 0 radical (unpaired) electrons. The lowest BCUT2D eigenvalue weighted by Gasteiger charge is -2.03. The van der Waals surface area contributed by atoms with Crippen LogP contribution in [-0.2, 0) is 11.3 Å². The van der Waals surface area contributed by atoms with E-state index in [4.69, 9.17) is 4.74 Å². The highest BCUT2D eigenvalue weighted by molar-refractivity contribution is 5.91. The minimum atomic E-state index is -0.312. The van der Waals surface area contributed by atoms with Crippen LogP contribution in [-0.4, -0.2) is 31.7 Å². The molecule has 3 aromatic heterocycles. The van der Waals surface area contributed by atoms with Crippen LogP contribution in [0.1, 0.15) is 58.7 Å². The molecule has 0 saturated heterocycles. The molecule has 1 aliphatic carbocycles. The van der Waals surface area contributed by atoms with Gasteiger partial charge in [-0.2, -0.15) is 5.10 Å². The summed E-state index contributed by atoms with van der Waals surface area (Å²) >= 11 is 0. The van der Waals surface area contributed by atoms with Crippen LogP contribution in [0.5, 0.6) is 0 Å². The minimum Gasteiger partial charge on any atom is -0.462 e. The number of aryl methyl sites for hydroxylation is 1. The van der Waals surface area contributed by atoms with Crippen molar-refractivity contribution in [1.82, 2.24) is 19.2 Å². The molecule has 130 valence electrons. The van der Waals surface area contributed by atoms with E-state index in [0.29, 0.717) is 24.4 Å². The Hall–Kier alpha value is -2.63. The lowest BCUT2D eigenvalue weighted by atomic mass is 10.2. The molecule has 0 bridgehead atoms. The Bertz CT molecular complexity index is 950. The third-order valence-corrected chi connectivity index (χ3v) is 4.75. The first-order chi connectivity index (χ1) is 12.1. The van der Waals surface area contributed by atoms with E-state index in [-0.39, 0.29) is 5.97 Å². The Balaban J connectivity index is 1.62. The molecule has 6 heteroatoms. The highest BCUT2D eigenvalue weighted by Crippen LogP contribution is 2.39. The summed E-state index contributed by atoms with van der Waals surface area (Å²) in [6, 6.07) is 4.24. The number of aromatic nitrogens is 4. The molecule has 1 aliphatic rings. The maximum Gasteiger partial charge on any atom is 0.341 e. The van der Waals surface area contributed by atoms with Gasteiger partial charge in [0.25, 0.3) is 0 Å². The van der Waals surface area contributed by atoms with E-state index in [2.05, 4.69) is 32.8 Å². The van der Waals surface area contributed by atoms with E-state index in [1.54, 1.807) is 6.92 Å². The van der Waals surface area contributed by atoms with E-state index in [1.165, 1.54) is 18.4 Å². The van der Waals surface area contributed by atoms with E-state index < -0.39 is 0 Å². The summed E-state index contributed by atoms with van der Waals surface area (Å²) < 4.78 is 9.04. The number of ether oxygens (including phenoxy) is 1. The van der Waals surface area contributed by atoms with Crippen LogP contribution >= 0.6 is 0 Å². The second kappa shape index (κ2) is 6.02. The first-order valence-corrected chi connectivity index (χ1v) is 8.75. The molecule has 1 fully saturated rings. The third kappa shape index (κ3) is 2.92. The van der Waals surface area contributed by atoms with Crippen LogP contribution in [0.25, 0.3) is 5.65 Å². The highest BCUT2D eigenvalue weighted by atomic mass is 16.5. The molecular formula is C19H22N4O2. The second-order valence-electron chi connectivity index (χ2n) is 6.66. The van der Waals surface area contributed by atoms with Crippen molar-refractivity contribution in [2.24, 2.45) is 0 Å². The lowest BCUT2D eigenvalue weighted by Crippen LogP contribution is -2.09. The predicted molar refractivity (Wildman–Crippen MR) is 93.9 cm³/mol. The molecule has 3 heterocycles. The topological polar surface area (TPSA) is 61.4 Å². The fraction of sp³-hybridized carbons (Fsp3) is 0.421. The summed E-state index contributed by atoms with van der Waals surface area (Å²) in [6.07, 6.45) is 6.79. The quantitative estimate of drug-likeness (QED) is 0.670. The van der Waals surface area contributed by atoms with Gasteiger partial charge in [-0.15, -0.1) is 0 Å². The summed E-state index contributed by atoms with van der Waals surface area (Å²) in [7, 11) is 0. The second-order valence-corrected chi connectivity index (χ2v) is 6.66. The highest BCUT2D eigenvalue weighted by Gasteiger charge is 2.24. The maximum absolute atomic E-state index is 12.1. The Kier molecular flexibility index (Phi) is 3.82. The largest absolute Gasteiger partial charge is 0.462 e. The minimum absolute atomic E-state index is 0.312. The van der Waals surface area contributed by atoms with Crippen LogP contribution in [0.3, 0.4) is 0 Å². The molecule has 25 heavy (non-hydrogen) atoms. The number of rotatable bonds is 5. The average Bonchev–Trinajstić information content (AvgIpc) is 3.28. The van der Waals surface area contributed by atoms with Crippen molar-refractivity contribution in [3.05, 3.63) is 52.7 Å². The van der Waals surface area contributed by atoms with E-state index in [0.717, 1.165) is 23.0 Å². The average molecular weight is 338 g/mol. The molecule has 0 aliphatic heterocycles. The molecule has 0 N–H and O–H groups in total. The van der Waals surface area contributed by atoms with Gasteiger partial charge in [0.2, 0.25) is 0 Å². The van der Waals surface area contributed by atoms with Crippen molar-refractivity contribution < 1.29 is 9.53 Å². The monoisotopic (exact) mass is 338 g/mol. The molecule has 0 aromatic carbocycles. The van der Waals surface area contributed by atoms with Crippen LogP contribution in [0, 0.1) is 13.8 Å². The number of carbonyl (C=O) groups excluding carboxylic acids is 1. The van der Waals surface area contributed by atoms with Gasteiger partial charge in [-0.1, -0.05) is 6.07 Å². The first kappa shape index (κ1) is 15.9. The van der Waals surface area contributed by atoms with Crippen LogP contribution < -0.4 is 0 Å². The lowest BCUT2D eigenvalue weighted by molar-refractivity contribution is 0.0524. The standard InChI is InChI=1S/C19H22N4O2/c1-4-25-19(24)18-12(2)21-23(13(18)3)11-16-10-22-9-15(14-5-6-14)7-8-17(22)20-16/h7-10,14H,4-6,11H2,1-3H3. The van der Waals surface area contributed by atoms with E-state index >= 15 is 0 Å². The van der Waals surface area contributed by atoms with Crippen molar-refractivity contribution in [3.63, 3.8) is 0 Å². The number of pyridine rings is 1. The van der Waals surface area contributed by atoms with Gasteiger partial charge in [-0.25, -0.2) is 9.78 Å². The fourth-order valence-corrected chi connectivity index (χ4v) is 3.30. The Labute approximate surface area is 146 Å². The van der Waals surface area contributed by atoms with Gasteiger partial charge in [-0.3, -0.25) is 4.68 Å². The summed E-state index contributed by atoms with van der Waals surface area (Å²) in [5.41, 5.74) is 5.30. The summed E-state index contributed by atoms with van der Waals surface area (Å²) in [6.45, 7) is 6.43. The number of hydrogen-bond donors (Lipinski definition) is 0. The van der Waals surface area contributed by atoms with Gasteiger partial charge < -0.3 is 9.14 Å². The zero-order chi connectivity index (χ0) is 17.6. The van der Waals surface area contributed by atoms with E-state index in [1.807, 2.05) is 24.7 Å².